The molecule has 4 rings (SSSR count). The standard InChI is InChI=1S/C21H24N4O/c1-15-8-9-18(16(2)10-15)19-7-5-4-6-17(19)11-25-12-21(26,13-25)20-22-14-23-24(20)3/h4-10,14,26H,11-13H2,1-3H3. The maximum absolute atomic E-state index is 10.8. The third-order valence-corrected chi connectivity index (χ3v) is 5.18. The van der Waals surface area contributed by atoms with Crippen molar-refractivity contribution < 1.29 is 5.11 Å². The molecule has 0 saturated carbocycles. The quantitative estimate of drug-likeness (QED) is 0.788. The fourth-order valence-electron chi connectivity index (χ4n) is 3.94. The zero-order valence-corrected chi connectivity index (χ0v) is 15.5. The van der Waals surface area contributed by atoms with Gasteiger partial charge >= 0.3 is 0 Å². The summed E-state index contributed by atoms with van der Waals surface area (Å²) in [5, 5.41) is 14.9. The minimum absolute atomic E-state index is 0.570. The van der Waals surface area contributed by atoms with Crippen molar-refractivity contribution in [3.8, 4) is 11.1 Å². The first kappa shape index (κ1) is 16.9. The number of hydrogen-bond donors (Lipinski definition) is 1. The highest BCUT2D eigenvalue weighted by atomic mass is 16.3. The summed E-state index contributed by atoms with van der Waals surface area (Å²) in [6.07, 6.45) is 1.49. The highest BCUT2D eigenvalue weighted by Gasteiger charge is 2.45. The number of aliphatic hydroxyl groups is 1. The molecule has 1 aliphatic rings. The average molecular weight is 348 g/mol. The van der Waals surface area contributed by atoms with Crippen molar-refractivity contribution in [1.29, 1.82) is 0 Å². The Bertz CT molecular complexity index is 941. The first-order valence-corrected chi connectivity index (χ1v) is 8.91. The van der Waals surface area contributed by atoms with Crippen LogP contribution in [0.5, 0.6) is 0 Å². The van der Waals surface area contributed by atoms with Gasteiger partial charge in [0, 0.05) is 26.7 Å². The summed E-state index contributed by atoms with van der Waals surface area (Å²) in [5.41, 5.74) is 5.48. The lowest BCUT2D eigenvalue weighted by Crippen LogP contribution is -2.59. The molecule has 5 nitrogen and oxygen atoms in total. The van der Waals surface area contributed by atoms with Crippen molar-refractivity contribution in [3.63, 3.8) is 0 Å². The van der Waals surface area contributed by atoms with E-state index in [1.807, 2.05) is 7.05 Å². The Morgan fingerprint density at radius 1 is 1.08 bits per heavy atom. The van der Waals surface area contributed by atoms with Crippen LogP contribution in [0.4, 0.5) is 0 Å². The van der Waals surface area contributed by atoms with Gasteiger partial charge in [0.2, 0.25) is 0 Å². The summed E-state index contributed by atoms with van der Waals surface area (Å²) < 4.78 is 1.65. The molecule has 0 unspecified atom stereocenters. The third kappa shape index (κ3) is 2.93. The van der Waals surface area contributed by atoms with E-state index in [1.165, 1.54) is 34.1 Å². The van der Waals surface area contributed by atoms with Gasteiger partial charge in [-0.3, -0.25) is 9.58 Å². The molecule has 1 saturated heterocycles. The topological polar surface area (TPSA) is 54.2 Å². The minimum atomic E-state index is -0.903. The van der Waals surface area contributed by atoms with Gasteiger partial charge in [0.15, 0.2) is 5.82 Å². The zero-order chi connectivity index (χ0) is 18.3. The fraction of sp³-hybridized carbons (Fsp3) is 0.333. The second kappa shape index (κ2) is 6.34. The second-order valence-electron chi connectivity index (χ2n) is 7.36. The molecule has 0 radical (unpaired) electrons. The number of hydrogen-bond acceptors (Lipinski definition) is 4. The minimum Gasteiger partial charge on any atom is -0.379 e. The summed E-state index contributed by atoms with van der Waals surface area (Å²) in [6.45, 7) is 6.23. The van der Waals surface area contributed by atoms with Crippen LogP contribution in [0.25, 0.3) is 11.1 Å². The number of β-amino-alcohol motifs (C(OH)–C–C–N with tert-alkyl or cyclic N) is 1. The van der Waals surface area contributed by atoms with Crippen molar-refractivity contribution in [2.75, 3.05) is 13.1 Å². The van der Waals surface area contributed by atoms with Crippen LogP contribution in [0.15, 0.2) is 48.8 Å². The van der Waals surface area contributed by atoms with E-state index < -0.39 is 5.60 Å². The maximum Gasteiger partial charge on any atom is 0.161 e. The SMILES string of the molecule is Cc1ccc(-c2ccccc2CN2CC(O)(c3ncnn3C)C2)c(C)c1. The molecular weight excluding hydrogens is 324 g/mol. The van der Waals surface area contributed by atoms with Gasteiger partial charge in [0.25, 0.3) is 0 Å². The van der Waals surface area contributed by atoms with Gasteiger partial charge in [-0.1, -0.05) is 48.0 Å². The van der Waals surface area contributed by atoms with E-state index in [0.29, 0.717) is 18.9 Å². The fourth-order valence-corrected chi connectivity index (χ4v) is 3.94. The summed E-state index contributed by atoms with van der Waals surface area (Å²) >= 11 is 0. The lowest BCUT2D eigenvalue weighted by molar-refractivity contribution is -0.115. The van der Waals surface area contributed by atoms with Crippen molar-refractivity contribution in [1.82, 2.24) is 19.7 Å². The van der Waals surface area contributed by atoms with Gasteiger partial charge in [-0.15, -0.1) is 0 Å². The predicted molar refractivity (Wildman–Crippen MR) is 102 cm³/mol. The van der Waals surface area contributed by atoms with Gasteiger partial charge in [-0.2, -0.15) is 5.10 Å². The Morgan fingerprint density at radius 3 is 2.54 bits per heavy atom. The summed E-state index contributed by atoms with van der Waals surface area (Å²) in [5.74, 6) is 0.636. The van der Waals surface area contributed by atoms with Crippen LogP contribution < -0.4 is 0 Å². The van der Waals surface area contributed by atoms with Crippen molar-refractivity contribution in [2.45, 2.75) is 26.0 Å². The van der Waals surface area contributed by atoms with E-state index in [4.69, 9.17) is 0 Å². The maximum atomic E-state index is 10.8. The number of aromatic nitrogens is 3. The molecule has 5 heteroatoms. The molecule has 0 bridgehead atoms. The van der Waals surface area contributed by atoms with Crippen molar-refractivity contribution in [3.05, 3.63) is 71.3 Å². The molecule has 0 amide bonds. The van der Waals surface area contributed by atoms with Crippen LogP contribution in [-0.2, 0) is 19.2 Å². The molecule has 1 fully saturated rings. The normalized spacial score (nSPS) is 16.5. The Kier molecular flexibility index (Phi) is 4.13. The Labute approximate surface area is 153 Å². The smallest absolute Gasteiger partial charge is 0.161 e. The number of likely N-dealkylation sites (tertiary alicyclic amines) is 1. The Balaban J connectivity index is 1.55. The summed E-state index contributed by atoms with van der Waals surface area (Å²) in [6, 6.07) is 15.1. The number of benzene rings is 2. The van der Waals surface area contributed by atoms with Crippen LogP contribution in [0.2, 0.25) is 0 Å². The second-order valence-corrected chi connectivity index (χ2v) is 7.36. The molecule has 1 N–H and O–H groups in total. The Morgan fingerprint density at radius 2 is 1.85 bits per heavy atom. The molecule has 0 atom stereocenters. The van der Waals surface area contributed by atoms with Crippen LogP contribution >= 0.6 is 0 Å². The van der Waals surface area contributed by atoms with Gasteiger partial charge in [-0.25, -0.2) is 4.98 Å². The van der Waals surface area contributed by atoms with Crippen molar-refractivity contribution >= 4 is 0 Å². The molecule has 1 aliphatic heterocycles. The molecule has 0 spiro atoms. The number of rotatable bonds is 4. The summed E-state index contributed by atoms with van der Waals surface area (Å²) in [7, 11) is 1.82. The molecule has 2 heterocycles. The largest absolute Gasteiger partial charge is 0.379 e. The molecule has 0 aliphatic carbocycles. The molecule has 134 valence electrons. The van der Waals surface area contributed by atoms with E-state index in [0.717, 1.165) is 6.54 Å². The first-order chi connectivity index (χ1) is 12.5. The van der Waals surface area contributed by atoms with Crippen LogP contribution in [0.1, 0.15) is 22.5 Å². The van der Waals surface area contributed by atoms with E-state index in [9.17, 15) is 5.11 Å². The van der Waals surface area contributed by atoms with E-state index in [1.54, 1.807) is 4.68 Å². The zero-order valence-electron chi connectivity index (χ0n) is 15.5. The van der Waals surface area contributed by atoms with Crippen LogP contribution in [-0.4, -0.2) is 37.9 Å². The lowest BCUT2D eigenvalue weighted by Gasteiger charge is -2.45. The average Bonchev–Trinajstić information content (AvgIpc) is 3.01. The van der Waals surface area contributed by atoms with Crippen molar-refractivity contribution in [2.24, 2.45) is 7.05 Å². The van der Waals surface area contributed by atoms with E-state index in [-0.39, 0.29) is 0 Å². The van der Waals surface area contributed by atoms with Gasteiger partial charge < -0.3 is 5.11 Å². The molecule has 1 aromatic heterocycles. The lowest BCUT2D eigenvalue weighted by atomic mass is 9.90. The third-order valence-electron chi connectivity index (χ3n) is 5.18. The predicted octanol–water partition coefficient (Wildman–Crippen LogP) is 2.80. The van der Waals surface area contributed by atoms with Crippen LogP contribution in [0.3, 0.4) is 0 Å². The van der Waals surface area contributed by atoms with Gasteiger partial charge in [-0.05, 0) is 36.1 Å². The molecule has 3 aromatic rings. The molecular formula is C21H24N4O. The summed E-state index contributed by atoms with van der Waals surface area (Å²) in [4.78, 5) is 6.46. The molecule has 2 aromatic carbocycles. The Hall–Kier alpha value is -2.50. The molecule has 26 heavy (non-hydrogen) atoms. The number of aryl methyl sites for hydroxylation is 3. The first-order valence-electron chi connectivity index (χ1n) is 8.91. The highest BCUT2D eigenvalue weighted by Crippen LogP contribution is 2.34. The van der Waals surface area contributed by atoms with Gasteiger partial charge in [0.1, 0.15) is 11.9 Å². The number of nitrogens with zero attached hydrogens (tertiary/aromatic N) is 4. The monoisotopic (exact) mass is 348 g/mol. The van der Waals surface area contributed by atoms with E-state index in [2.05, 4.69) is 71.3 Å². The highest BCUT2D eigenvalue weighted by molar-refractivity contribution is 5.70. The van der Waals surface area contributed by atoms with Crippen LogP contribution in [0, 0.1) is 13.8 Å². The van der Waals surface area contributed by atoms with Gasteiger partial charge in [0.05, 0.1) is 0 Å². The van der Waals surface area contributed by atoms with E-state index >= 15 is 0 Å².